The van der Waals surface area contributed by atoms with E-state index in [1.54, 1.807) is 6.07 Å². The van der Waals surface area contributed by atoms with Crippen LogP contribution < -0.4 is 4.74 Å². The van der Waals surface area contributed by atoms with Crippen LogP contribution in [0.3, 0.4) is 0 Å². The highest BCUT2D eigenvalue weighted by atomic mass is 32.2. The summed E-state index contributed by atoms with van der Waals surface area (Å²) >= 11 is 0. The number of carbonyl (C=O) groups is 2. The molecule has 0 radical (unpaired) electrons. The minimum atomic E-state index is -4.45. The maximum Gasteiger partial charge on any atom is 0.416 e. The number of nitrogens with zero attached hydrogens (tertiary/aromatic N) is 2. The van der Waals surface area contributed by atoms with Crippen molar-refractivity contribution < 1.29 is 45.1 Å². The van der Waals surface area contributed by atoms with Crippen molar-refractivity contribution in [2.75, 3.05) is 33.3 Å². The van der Waals surface area contributed by atoms with E-state index in [9.17, 15) is 31.2 Å². The Balaban J connectivity index is 1.41. The van der Waals surface area contributed by atoms with Crippen molar-refractivity contribution in [3.63, 3.8) is 0 Å². The molecule has 2 saturated heterocycles. The van der Waals surface area contributed by atoms with Crippen LogP contribution in [-0.4, -0.2) is 73.6 Å². The van der Waals surface area contributed by atoms with Gasteiger partial charge >= 0.3 is 12.1 Å². The van der Waals surface area contributed by atoms with Gasteiger partial charge < -0.3 is 18.8 Å². The van der Waals surface area contributed by atoms with Crippen LogP contribution in [-0.2, 0) is 25.7 Å². The maximum atomic E-state index is 13.7. The van der Waals surface area contributed by atoms with Gasteiger partial charge in [-0.25, -0.2) is 12.7 Å². The first-order valence-electron chi connectivity index (χ1n) is 11.7. The molecule has 3 heterocycles. The molecule has 0 spiro atoms. The van der Waals surface area contributed by atoms with Crippen molar-refractivity contribution in [2.45, 2.75) is 42.7 Å². The lowest BCUT2D eigenvalue weighted by Gasteiger charge is -2.42. The first kappa shape index (κ1) is 27.0. The Kier molecular flexibility index (Phi) is 7.56. The van der Waals surface area contributed by atoms with Crippen LogP contribution >= 0.6 is 0 Å². The van der Waals surface area contributed by atoms with Crippen LogP contribution in [0.1, 0.15) is 41.8 Å². The largest absolute Gasteiger partial charge is 0.490 e. The van der Waals surface area contributed by atoms with Gasteiger partial charge in [-0.15, -0.1) is 0 Å². The van der Waals surface area contributed by atoms with Gasteiger partial charge in [0.25, 0.3) is 5.91 Å². The Morgan fingerprint density at radius 3 is 2.16 bits per heavy atom. The molecule has 202 valence electrons. The van der Waals surface area contributed by atoms with Gasteiger partial charge in [-0.2, -0.15) is 13.2 Å². The summed E-state index contributed by atoms with van der Waals surface area (Å²) in [4.78, 5) is 26.9. The molecule has 1 aromatic heterocycles. The number of piperidine rings is 2. The predicted octanol–water partition coefficient (Wildman–Crippen LogP) is 3.32. The molecule has 0 N–H and O–H groups in total. The number of esters is 1. The van der Waals surface area contributed by atoms with E-state index in [1.807, 2.05) is 0 Å². The van der Waals surface area contributed by atoms with Crippen LogP contribution in [0.4, 0.5) is 13.2 Å². The average Bonchev–Trinajstić information content (AvgIpc) is 3.43. The van der Waals surface area contributed by atoms with Gasteiger partial charge in [-0.05, 0) is 62.1 Å². The van der Waals surface area contributed by atoms with Crippen molar-refractivity contribution in [1.29, 1.82) is 0 Å². The summed E-state index contributed by atoms with van der Waals surface area (Å²) in [5.41, 5.74) is -0.786. The normalized spacial score (nSPS) is 19.4. The van der Waals surface area contributed by atoms with Gasteiger partial charge in [0.05, 0.1) is 18.9 Å². The summed E-state index contributed by atoms with van der Waals surface area (Å²) in [6, 6.07) is 7.41. The molecule has 1 amide bonds. The monoisotopic (exact) mass is 544 g/mol. The number of carbonyl (C=O) groups excluding carboxylic acids is 2. The molecule has 0 bridgehead atoms. The van der Waals surface area contributed by atoms with Crippen molar-refractivity contribution in [1.82, 2.24) is 9.21 Å². The molecule has 2 fully saturated rings. The molecule has 0 unspecified atom stereocenters. The Labute approximate surface area is 212 Å². The Bertz CT molecular complexity index is 1200. The fraction of sp³-hybridized carbons (Fsp3) is 0.500. The number of benzene rings is 1. The van der Waals surface area contributed by atoms with E-state index in [0.29, 0.717) is 12.8 Å². The first-order valence-corrected chi connectivity index (χ1v) is 13.2. The number of alkyl halides is 3. The molecule has 1 aromatic carbocycles. The Hall–Kier alpha value is -3.06. The number of likely N-dealkylation sites (tertiary alicyclic amines) is 1. The zero-order valence-corrected chi connectivity index (χ0v) is 20.9. The third kappa shape index (κ3) is 5.33. The lowest BCUT2D eigenvalue weighted by molar-refractivity contribution is -0.145. The second kappa shape index (κ2) is 10.4. The zero-order chi connectivity index (χ0) is 26.8. The molecular weight excluding hydrogens is 517 g/mol. The van der Waals surface area contributed by atoms with Gasteiger partial charge in [0.2, 0.25) is 10.0 Å². The molecule has 37 heavy (non-hydrogen) atoms. The summed E-state index contributed by atoms with van der Waals surface area (Å²) in [6.07, 6.45) is -3.15. The van der Waals surface area contributed by atoms with Crippen LogP contribution in [0.5, 0.6) is 5.75 Å². The lowest BCUT2D eigenvalue weighted by atomic mass is 9.95. The fourth-order valence-electron chi connectivity index (χ4n) is 4.73. The van der Waals surface area contributed by atoms with Crippen LogP contribution in [0.15, 0.2) is 47.1 Å². The first-order chi connectivity index (χ1) is 17.5. The molecular formula is C24H27F3N2O7S. The molecule has 13 heteroatoms. The number of furan rings is 1. The van der Waals surface area contributed by atoms with Crippen LogP contribution in [0.2, 0.25) is 0 Å². The number of methoxy groups -OCH3 is 1. The number of hydrogen-bond acceptors (Lipinski definition) is 7. The molecule has 4 rings (SSSR count). The summed E-state index contributed by atoms with van der Waals surface area (Å²) in [6.45, 7) is 0.200. The van der Waals surface area contributed by atoms with Crippen molar-refractivity contribution >= 4 is 21.9 Å². The summed E-state index contributed by atoms with van der Waals surface area (Å²) in [5, 5.41) is 0. The molecule has 0 saturated carbocycles. The smallest absolute Gasteiger partial charge is 0.416 e. The van der Waals surface area contributed by atoms with E-state index >= 15 is 0 Å². The van der Waals surface area contributed by atoms with Crippen molar-refractivity contribution in [3.05, 3.63) is 54.0 Å². The number of sulfonamides is 1. The van der Waals surface area contributed by atoms with Gasteiger partial charge in [-0.1, -0.05) is 0 Å². The van der Waals surface area contributed by atoms with Crippen molar-refractivity contribution in [3.8, 4) is 5.75 Å². The Morgan fingerprint density at radius 1 is 1.03 bits per heavy atom. The number of amides is 1. The zero-order valence-electron chi connectivity index (χ0n) is 20.1. The van der Waals surface area contributed by atoms with E-state index in [4.69, 9.17) is 13.9 Å². The van der Waals surface area contributed by atoms with E-state index in [1.165, 1.54) is 33.7 Å². The maximum absolute atomic E-state index is 13.7. The highest BCUT2D eigenvalue weighted by Crippen LogP contribution is 2.37. The molecule has 2 aliphatic heterocycles. The number of ether oxygens (including phenoxy) is 2. The Morgan fingerprint density at radius 2 is 1.65 bits per heavy atom. The SMILES string of the molecule is COC(=O)C1(S(=O)(=O)N2CCC(Oc3ccc(C(F)(F)F)cc3)CC2)CCN(C(=O)c2ccco2)CC1. The van der Waals surface area contributed by atoms with Crippen LogP contribution in [0.25, 0.3) is 0 Å². The summed E-state index contributed by atoms with van der Waals surface area (Å²) in [5.74, 6) is -0.875. The van der Waals surface area contributed by atoms with Gasteiger partial charge in [0.15, 0.2) is 10.5 Å². The lowest BCUT2D eigenvalue weighted by Crippen LogP contribution is -2.60. The van der Waals surface area contributed by atoms with Gasteiger partial charge in [0.1, 0.15) is 11.9 Å². The topological polar surface area (TPSA) is 106 Å². The molecule has 0 atom stereocenters. The average molecular weight is 545 g/mol. The van der Waals surface area contributed by atoms with Gasteiger partial charge in [-0.3, -0.25) is 9.59 Å². The van der Waals surface area contributed by atoms with E-state index in [-0.39, 0.29) is 56.4 Å². The number of halogens is 3. The van der Waals surface area contributed by atoms with Crippen molar-refractivity contribution in [2.24, 2.45) is 0 Å². The number of rotatable bonds is 6. The van der Waals surface area contributed by atoms with E-state index in [0.717, 1.165) is 19.2 Å². The number of hydrogen-bond donors (Lipinski definition) is 0. The molecule has 2 aliphatic rings. The van der Waals surface area contributed by atoms with Crippen LogP contribution in [0, 0.1) is 0 Å². The highest BCUT2D eigenvalue weighted by molar-refractivity contribution is 7.91. The summed E-state index contributed by atoms with van der Waals surface area (Å²) < 4.78 is 80.9. The summed E-state index contributed by atoms with van der Waals surface area (Å²) in [7, 11) is -3.03. The predicted molar refractivity (Wildman–Crippen MR) is 124 cm³/mol. The fourth-order valence-corrected chi connectivity index (χ4v) is 6.91. The minimum Gasteiger partial charge on any atom is -0.490 e. The third-order valence-electron chi connectivity index (χ3n) is 6.87. The van der Waals surface area contributed by atoms with Gasteiger partial charge in [0, 0.05) is 26.2 Å². The quantitative estimate of drug-likeness (QED) is 0.514. The third-order valence-corrected chi connectivity index (χ3v) is 9.47. The molecule has 9 nitrogen and oxygen atoms in total. The van der Waals surface area contributed by atoms with E-state index < -0.39 is 38.6 Å². The standard InChI is InChI=1S/C24H27F3N2O7S/c1-34-22(31)23(10-14-28(15-11-23)21(30)20-3-2-16-35-20)37(32,33)29-12-8-19(9-13-29)36-18-6-4-17(5-7-18)24(25,26)27/h2-7,16,19H,8-15H2,1H3. The minimum absolute atomic E-state index is 0.0291. The second-order valence-electron chi connectivity index (χ2n) is 9.00. The van der Waals surface area contributed by atoms with E-state index in [2.05, 4.69) is 0 Å². The molecule has 0 aliphatic carbocycles. The second-order valence-corrected chi connectivity index (χ2v) is 11.2. The molecule has 2 aromatic rings. The highest BCUT2D eigenvalue weighted by Gasteiger charge is 2.56.